The minimum absolute atomic E-state index is 0.0221. The highest BCUT2D eigenvalue weighted by Crippen LogP contribution is 2.21. The fourth-order valence-corrected chi connectivity index (χ4v) is 2.26. The van der Waals surface area contributed by atoms with Crippen molar-refractivity contribution in [2.24, 2.45) is 0 Å². The minimum Gasteiger partial charge on any atom is -0.382 e. The average molecular weight is 335 g/mol. The van der Waals surface area contributed by atoms with E-state index in [1.54, 1.807) is 6.07 Å². The van der Waals surface area contributed by atoms with Gasteiger partial charge in [0, 0.05) is 18.8 Å². The van der Waals surface area contributed by atoms with Crippen molar-refractivity contribution in [3.63, 3.8) is 0 Å². The van der Waals surface area contributed by atoms with Crippen LogP contribution in [0.4, 0.5) is 15.8 Å². The molecule has 23 heavy (non-hydrogen) atoms. The molecule has 118 valence electrons. The summed E-state index contributed by atoms with van der Waals surface area (Å²) in [6.45, 7) is 2.58. The first-order valence-corrected chi connectivity index (χ1v) is 7.17. The predicted molar refractivity (Wildman–Crippen MR) is 84.3 cm³/mol. The van der Waals surface area contributed by atoms with Gasteiger partial charge < -0.3 is 10.6 Å². The SMILES string of the molecule is CCNc1cc(Cl)nn2c(C(=O)Nc3ccncc3F)cnc12. The predicted octanol–water partition coefficient (Wildman–Crippen LogP) is 2.60. The van der Waals surface area contributed by atoms with Gasteiger partial charge in [-0.2, -0.15) is 5.10 Å². The molecule has 0 spiro atoms. The summed E-state index contributed by atoms with van der Waals surface area (Å²) in [5.74, 6) is -1.19. The molecule has 1 amide bonds. The van der Waals surface area contributed by atoms with Crippen molar-refractivity contribution in [3.8, 4) is 0 Å². The van der Waals surface area contributed by atoms with Gasteiger partial charge in [0.1, 0.15) is 0 Å². The molecule has 3 rings (SSSR count). The topological polar surface area (TPSA) is 84.2 Å². The molecule has 3 heterocycles. The highest BCUT2D eigenvalue weighted by Gasteiger charge is 2.17. The molecule has 0 aliphatic carbocycles. The van der Waals surface area contributed by atoms with Crippen LogP contribution in [-0.2, 0) is 0 Å². The van der Waals surface area contributed by atoms with Crippen LogP contribution in [0.3, 0.4) is 0 Å². The number of halogens is 2. The Hall–Kier alpha value is -2.74. The molecule has 7 nitrogen and oxygen atoms in total. The highest BCUT2D eigenvalue weighted by molar-refractivity contribution is 6.29. The van der Waals surface area contributed by atoms with Gasteiger partial charge in [-0.3, -0.25) is 9.78 Å². The Morgan fingerprint density at radius 2 is 2.22 bits per heavy atom. The zero-order valence-electron chi connectivity index (χ0n) is 12.0. The Balaban J connectivity index is 2.00. The number of nitrogens with zero attached hydrogens (tertiary/aromatic N) is 4. The number of aromatic nitrogens is 4. The number of amides is 1. The Morgan fingerprint density at radius 3 is 2.96 bits per heavy atom. The van der Waals surface area contributed by atoms with Crippen LogP contribution >= 0.6 is 11.6 Å². The molecule has 0 bridgehead atoms. The average Bonchev–Trinajstić information content (AvgIpc) is 2.93. The Bertz CT molecular complexity index is 881. The number of anilines is 2. The second-order valence-corrected chi connectivity index (χ2v) is 4.99. The summed E-state index contributed by atoms with van der Waals surface area (Å²) in [6, 6.07) is 2.98. The second kappa shape index (κ2) is 6.17. The Labute approximate surface area is 135 Å². The van der Waals surface area contributed by atoms with Gasteiger partial charge in [-0.25, -0.2) is 13.9 Å². The zero-order chi connectivity index (χ0) is 16.4. The van der Waals surface area contributed by atoms with Crippen molar-refractivity contribution in [2.75, 3.05) is 17.2 Å². The van der Waals surface area contributed by atoms with Crippen molar-refractivity contribution in [1.82, 2.24) is 19.6 Å². The third kappa shape index (κ3) is 2.93. The maximum absolute atomic E-state index is 13.6. The molecular formula is C14H12ClFN6O. The molecule has 0 saturated heterocycles. The fourth-order valence-electron chi connectivity index (χ4n) is 2.08. The van der Waals surface area contributed by atoms with E-state index in [0.717, 1.165) is 6.20 Å². The van der Waals surface area contributed by atoms with Gasteiger partial charge in [-0.15, -0.1) is 0 Å². The molecular weight excluding hydrogens is 323 g/mol. The number of fused-ring (bicyclic) bond motifs is 1. The molecule has 0 aliphatic heterocycles. The minimum atomic E-state index is -0.631. The van der Waals surface area contributed by atoms with E-state index in [9.17, 15) is 9.18 Å². The van der Waals surface area contributed by atoms with Crippen LogP contribution in [0.15, 0.2) is 30.7 Å². The van der Waals surface area contributed by atoms with Crippen molar-refractivity contribution < 1.29 is 9.18 Å². The fraction of sp³-hybridized carbons (Fsp3) is 0.143. The van der Waals surface area contributed by atoms with E-state index < -0.39 is 11.7 Å². The van der Waals surface area contributed by atoms with Crippen LogP contribution in [0.5, 0.6) is 0 Å². The quantitative estimate of drug-likeness (QED) is 0.766. The summed E-state index contributed by atoms with van der Waals surface area (Å²) in [4.78, 5) is 20.2. The van der Waals surface area contributed by atoms with Gasteiger partial charge in [-0.05, 0) is 13.0 Å². The molecule has 0 atom stereocenters. The number of pyridine rings is 1. The normalized spacial score (nSPS) is 10.7. The summed E-state index contributed by atoms with van der Waals surface area (Å²) >= 11 is 5.98. The second-order valence-electron chi connectivity index (χ2n) is 4.60. The number of carbonyl (C=O) groups is 1. The van der Waals surface area contributed by atoms with Gasteiger partial charge in [0.25, 0.3) is 5.91 Å². The van der Waals surface area contributed by atoms with Gasteiger partial charge in [0.2, 0.25) is 0 Å². The molecule has 0 saturated carbocycles. The summed E-state index contributed by atoms with van der Waals surface area (Å²) in [5, 5.41) is 9.83. The van der Waals surface area contributed by atoms with E-state index in [0.29, 0.717) is 17.9 Å². The van der Waals surface area contributed by atoms with Crippen molar-refractivity contribution in [1.29, 1.82) is 0 Å². The van der Waals surface area contributed by atoms with E-state index >= 15 is 0 Å². The molecule has 0 aliphatic rings. The molecule has 0 unspecified atom stereocenters. The number of imidazole rings is 1. The molecule has 0 aromatic carbocycles. The van der Waals surface area contributed by atoms with Gasteiger partial charge in [0.15, 0.2) is 22.3 Å². The van der Waals surface area contributed by atoms with Crippen LogP contribution in [0.25, 0.3) is 5.65 Å². The standard InChI is InChI=1S/C14H12ClFN6O/c1-2-18-10-5-12(15)21-22-11(7-19-13(10)22)14(23)20-9-3-4-17-6-8(9)16/h3-7,18H,2H2,1H3,(H,17,20,23). The first-order valence-electron chi connectivity index (χ1n) is 6.79. The van der Waals surface area contributed by atoms with Gasteiger partial charge in [0.05, 0.1) is 23.8 Å². The third-order valence-corrected chi connectivity index (χ3v) is 3.24. The molecule has 0 fully saturated rings. The Kier molecular flexibility index (Phi) is 4.07. The van der Waals surface area contributed by atoms with Gasteiger partial charge in [-0.1, -0.05) is 11.6 Å². The largest absolute Gasteiger partial charge is 0.382 e. The van der Waals surface area contributed by atoms with Crippen molar-refractivity contribution in [3.05, 3.63) is 47.4 Å². The zero-order valence-corrected chi connectivity index (χ0v) is 12.8. The number of rotatable bonds is 4. The van der Waals surface area contributed by atoms with E-state index in [2.05, 4.69) is 25.7 Å². The van der Waals surface area contributed by atoms with E-state index in [4.69, 9.17) is 11.6 Å². The third-order valence-electron chi connectivity index (χ3n) is 3.06. The maximum Gasteiger partial charge on any atom is 0.276 e. The summed E-state index contributed by atoms with van der Waals surface area (Å²) in [6.07, 6.45) is 3.75. The number of hydrogen-bond donors (Lipinski definition) is 2. The lowest BCUT2D eigenvalue weighted by Crippen LogP contribution is -2.16. The summed E-state index contributed by atoms with van der Waals surface area (Å²) in [7, 11) is 0. The molecule has 2 N–H and O–H groups in total. The number of nitrogens with one attached hydrogen (secondary N) is 2. The van der Waals surface area contributed by atoms with Crippen molar-refractivity contribution >= 4 is 34.5 Å². The lowest BCUT2D eigenvalue weighted by molar-refractivity contribution is 0.102. The lowest BCUT2D eigenvalue weighted by Gasteiger charge is -2.07. The summed E-state index contributed by atoms with van der Waals surface area (Å²) in [5.41, 5.74) is 1.27. The highest BCUT2D eigenvalue weighted by atomic mass is 35.5. The Morgan fingerprint density at radius 1 is 1.39 bits per heavy atom. The van der Waals surface area contributed by atoms with Crippen LogP contribution in [-0.4, -0.2) is 32.0 Å². The van der Waals surface area contributed by atoms with E-state index in [1.165, 1.54) is 23.0 Å². The maximum atomic E-state index is 13.6. The van der Waals surface area contributed by atoms with Gasteiger partial charge >= 0.3 is 0 Å². The molecule has 9 heteroatoms. The number of carbonyl (C=O) groups excluding carboxylic acids is 1. The van der Waals surface area contributed by atoms with Crippen molar-refractivity contribution in [2.45, 2.75) is 6.92 Å². The van der Waals surface area contributed by atoms with Crippen LogP contribution < -0.4 is 10.6 Å². The molecule has 0 radical (unpaired) electrons. The van der Waals surface area contributed by atoms with Crippen LogP contribution in [0, 0.1) is 5.82 Å². The summed E-state index contributed by atoms with van der Waals surface area (Å²) < 4.78 is 14.9. The first-order chi connectivity index (χ1) is 11.1. The smallest absolute Gasteiger partial charge is 0.276 e. The van der Waals surface area contributed by atoms with Crippen LogP contribution in [0.1, 0.15) is 17.4 Å². The molecule has 3 aromatic rings. The van der Waals surface area contributed by atoms with E-state index in [1.807, 2.05) is 6.92 Å². The lowest BCUT2D eigenvalue weighted by atomic mass is 10.3. The first kappa shape index (κ1) is 15.2. The monoisotopic (exact) mass is 334 g/mol. The molecule has 3 aromatic heterocycles. The van der Waals surface area contributed by atoms with Crippen LogP contribution in [0.2, 0.25) is 5.15 Å². The van der Waals surface area contributed by atoms with E-state index in [-0.39, 0.29) is 16.5 Å². The number of hydrogen-bond acceptors (Lipinski definition) is 5.